The van der Waals surface area contributed by atoms with Crippen molar-refractivity contribution in [1.82, 2.24) is 19.9 Å². The van der Waals surface area contributed by atoms with E-state index in [1.54, 1.807) is 17.6 Å². The van der Waals surface area contributed by atoms with Crippen molar-refractivity contribution in [3.05, 3.63) is 76.0 Å². The summed E-state index contributed by atoms with van der Waals surface area (Å²) in [5.41, 5.74) is 3.65. The number of fused-ring (bicyclic) bond motifs is 1. The van der Waals surface area contributed by atoms with Gasteiger partial charge in [0, 0.05) is 32.9 Å². The summed E-state index contributed by atoms with van der Waals surface area (Å²) in [5, 5.41) is 18.8. The Balaban J connectivity index is 1.69. The van der Waals surface area contributed by atoms with Crippen molar-refractivity contribution in [1.29, 1.82) is 5.26 Å². The summed E-state index contributed by atoms with van der Waals surface area (Å²) in [6.07, 6.45) is 5.93. The molecular formula is C27H23Cl2N5O. The van der Waals surface area contributed by atoms with Crippen molar-refractivity contribution in [2.24, 2.45) is 0 Å². The zero-order chi connectivity index (χ0) is 24.6. The summed E-state index contributed by atoms with van der Waals surface area (Å²) in [7, 11) is 0. The summed E-state index contributed by atoms with van der Waals surface area (Å²) >= 11 is 12.7. The Morgan fingerprint density at radius 2 is 1.77 bits per heavy atom. The summed E-state index contributed by atoms with van der Waals surface area (Å²) in [6, 6.07) is 17.3. The molecule has 0 unspecified atom stereocenters. The molecule has 0 aliphatic heterocycles. The Morgan fingerprint density at radius 1 is 1.06 bits per heavy atom. The lowest BCUT2D eigenvalue weighted by atomic mass is 9.82. The van der Waals surface area contributed by atoms with Gasteiger partial charge in [0.15, 0.2) is 5.65 Å². The minimum absolute atomic E-state index is 0.332. The molecule has 1 saturated carbocycles. The number of nitrogens with zero attached hydrogens (tertiary/aromatic N) is 4. The molecule has 176 valence electrons. The van der Waals surface area contributed by atoms with E-state index in [2.05, 4.69) is 16.4 Å². The second-order valence-electron chi connectivity index (χ2n) is 8.91. The second kappa shape index (κ2) is 9.33. The quantitative estimate of drug-likeness (QED) is 0.338. The molecule has 0 radical (unpaired) electrons. The highest BCUT2D eigenvalue weighted by atomic mass is 35.5. The van der Waals surface area contributed by atoms with Gasteiger partial charge in [-0.15, -0.1) is 0 Å². The molecule has 0 atom stereocenters. The number of halogens is 2. The standard InChI is InChI=1S/C27H23Cl2N5O/c1-17-23(26(35)32-27(16-30)13-5-2-6-14-27)25-31-15-21(20-7-3-4-8-22(20)29)24(34(25)33-17)18-9-11-19(28)12-10-18/h3-4,7-12,15H,2,5-6,13-14H2,1H3,(H,32,35). The number of hydrogen-bond donors (Lipinski definition) is 1. The molecule has 2 aromatic carbocycles. The molecule has 1 N–H and O–H groups in total. The molecule has 2 heterocycles. The molecule has 2 aromatic heterocycles. The van der Waals surface area contributed by atoms with Gasteiger partial charge in [0.2, 0.25) is 0 Å². The molecule has 8 heteroatoms. The largest absolute Gasteiger partial charge is 0.334 e. The van der Waals surface area contributed by atoms with Gasteiger partial charge in [0.05, 0.1) is 17.5 Å². The monoisotopic (exact) mass is 503 g/mol. The first-order chi connectivity index (χ1) is 16.9. The van der Waals surface area contributed by atoms with E-state index in [0.717, 1.165) is 41.6 Å². The lowest BCUT2D eigenvalue weighted by Crippen LogP contribution is -2.48. The normalized spacial score (nSPS) is 15.0. The van der Waals surface area contributed by atoms with Crippen LogP contribution in [0.25, 0.3) is 28.0 Å². The molecule has 1 aliphatic rings. The maximum Gasteiger partial charge on any atom is 0.258 e. The van der Waals surface area contributed by atoms with E-state index in [4.69, 9.17) is 28.3 Å². The van der Waals surface area contributed by atoms with Crippen LogP contribution < -0.4 is 5.32 Å². The maximum absolute atomic E-state index is 13.5. The molecule has 0 saturated heterocycles. The van der Waals surface area contributed by atoms with E-state index >= 15 is 0 Å². The first kappa shape index (κ1) is 23.3. The fourth-order valence-electron chi connectivity index (χ4n) is 4.82. The van der Waals surface area contributed by atoms with E-state index in [1.807, 2.05) is 48.5 Å². The molecule has 0 spiro atoms. The average molecular weight is 504 g/mol. The third-order valence-corrected chi connectivity index (χ3v) is 7.18. The summed E-state index contributed by atoms with van der Waals surface area (Å²) in [6.45, 7) is 1.78. The minimum Gasteiger partial charge on any atom is -0.334 e. The smallest absolute Gasteiger partial charge is 0.258 e. The molecule has 1 fully saturated rings. The van der Waals surface area contributed by atoms with Crippen molar-refractivity contribution >= 4 is 34.8 Å². The highest BCUT2D eigenvalue weighted by Crippen LogP contribution is 2.37. The number of aromatic nitrogens is 3. The minimum atomic E-state index is -0.855. The molecular weight excluding hydrogens is 481 g/mol. The number of amides is 1. The van der Waals surface area contributed by atoms with Crippen LogP contribution >= 0.6 is 23.2 Å². The topological polar surface area (TPSA) is 83.1 Å². The van der Waals surface area contributed by atoms with Gasteiger partial charge in [-0.3, -0.25) is 4.79 Å². The van der Waals surface area contributed by atoms with Crippen LogP contribution in [0.1, 0.15) is 48.2 Å². The predicted octanol–water partition coefficient (Wildman–Crippen LogP) is 6.63. The number of benzene rings is 2. The SMILES string of the molecule is Cc1nn2c(-c3ccc(Cl)cc3)c(-c3ccccc3Cl)cnc2c1C(=O)NC1(C#N)CCCCC1. The third-order valence-electron chi connectivity index (χ3n) is 6.60. The summed E-state index contributed by atoms with van der Waals surface area (Å²) < 4.78 is 1.69. The van der Waals surface area contributed by atoms with E-state index in [0.29, 0.717) is 39.8 Å². The van der Waals surface area contributed by atoms with E-state index in [-0.39, 0.29) is 5.91 Å². The molecule has 0 bridgehead atoms. The van der Waals surface area contributed by atoms with Crippen LogP contribution in [0, 0.1) is 18.3 Å². The van der Waals surface area contributed by atoms with Crippen molar-refractivity contribution in [3.8, 4) is 28.5 Å². The van der Waals surface area contributed by atoms with Crippen LogP contribution in [0.15, 0.2) is 54.7 Å². The van der Waals surface area contributed by atoms with Gasteiger partial charge in [0.1, 0.15) is 11.1 Å². The van der Waals surface area contributed by atoms with Crippen LogP contribution in [0.3, 0.4) is 0 Å². The van der Waals surface area contributed by atoms with Crippen LogP contribution in [-0.2, 0) is 0 Å². The molecule has 35 heavy (non-hydrogen) atoms. The fraction of sp³-hybridized carbons (Fsp3) is 0.259. The van der Waals surface area contributed by atoms with Gasteiger partial charge < -0.3 is 5.32 Å². The van der Waals surface area contributed by atoms with Crippen molar-refractivity contribution in [2.45, 2.75) is 44.6 Å². The summed E-state index contributed by atoms with van der Waals surface area (Å²) in [4.78, 5) is 18.1. The summed E-state index contributed by atoms with van der Waals surface area (Å²) in [5.74, 6) is -0.332. The second-order valence-corrected chi connectivity index (χ2v) is 9.76. The van der Waals surface area contributed by atoms with Crippen LogP contribution in [0.2, 0.25) is 10.0 Å². The van der Waals surface area contributed by atoms with E-state index in [9.17, 15) is 10.1 Å². The number of rotatable bonds is 4. The van der Waals surface area contributed by atoms with Crippen molar-refractivity contribution < 1.29 is 4.79 Å². The van der Waals surface area contributed by atoms with Crippen molar-refractivity contribution in [3.63, 3.8) is 0 Å². The Hall–Kier alpha value is -3.40. The number of hydrogen-bond acceptors (Lipinski definition) is 4. The van der Waals surface area contributed by atoms with Crippen LogP contribution in [0.5, 0.6) is 0 Å². The predicted molar refractivity (Wildman–Crippen MR) is 138 cm³/mol. The Morgan fingerprint density at radius 3 is 2.46 bits per heavy atom. The molecule has 1 aliphatic carbocycles. The average Bonchev–Trinajstić information content (AvgIpc) is 3.21. The fourth-order valence-corrected chi connectivity index (χ4v) is 5.18. The number of carbonyl (C=O) groups excluding carboxylic acids is 1. The van der Waals surface area contributed by atoms with Crippen LogP contribution in [-0.4, -0.2) is 26.0 Å². The van der Waals surface area contributed by atoms with E-state index < -0.39 is 5.54 Å². The van der Waals surface area contributed by atoms with E-state index in [1.165, 1.54) is 0 Å². The van der Waals surface area contributed by atoms with Gasteiger partial charge >= 0.3 is 0 Å². The third kappa shape index (κ3) is 4.27. The number of nitrogens with one attached hydrogen (secondary N) is 1. The van der Waals surface area contributed by atoms with Gasteiger partial charge in [0.25, 0.3) is 5.91 Å². The van der Waals surface area contributed by atoms with Crippen LogP contribution in [0.4, 0.5) is 0 Å². The number of nitriles is 1. The first-order valence-corrected chi connectivity index (χ1v) is 12.3. The molecule has 1 amide bonds. The lowest BCUT2D eigenvalue weighted by molar-refractivity contribution is 0.0903. The molecule has 4 aromatic rings. The van der Waals surface area contributed by atoms with Crippen molar-refractivity contribution in [2.75, 3.05) is 0 Å². The lowest BCUT2D eigenvalue weighted by Gasteiger charge is -2.31. The van der Waals surface area contributed by atoms with Gasteiger partial charge in [-0.2, -0.15) is 10.4 Å². The molecule has 5 rings (SSSR count). The Kier molecular flexibility index (Phi) is 6.22. The van der Waals surface area contributed by atoms with Gasteiger partial charge in [-0.1, -0.05) is 72.8 Å². The Bertz CT molecular complexity index is 1460. The first-order valence-electron chi connectivity index (χ1n) is 11.6. The highest BCUT2D eigenvalue weighted by molar-refractivity contribution is 6.33. The van der Waals surface area contributed by atoms with Gasteiger partial charge in [-0.25, -0.2) is 9.50 Å². The number of carbonyl (C=O) groups is 1. The molecule has 6 nitrogen and oxygen atoms in total. The maximum atomic E-state index is 13.5. The zero-order valence-electron chi connectivity index (χ0n) is 19.2. The van der Waals surface area contributed by atoms with Gasteiger partial charge in [-0.05, 0) is 38.0 Å². The Labute approximate surface area is 213 Å². The highest BCUT2D eigenvalue weighted by Gasteiger charge is 2.35. The number of aryl methyl sites for hydroxylation is 1. The zero-order valence-corrected chi connectivity index (χ0v) is 20.7.